The first-order chi connectivity index (χ1) is 13.7. The molecule has 1 aliphatic rings. The van der Waals surface area contributed by atoms with E-state index >= 15 is 0 Å². The van der Waals surface area contributed by atoms with E-state index in [-0.39, 0.29) is 11.9 Å². The van der Waals surface area contributed by atoms with Crippen LogP contribution < -0.4 is 5.32 Å². The molecule has 1 fully saturated rings. The number of para-hydroxylation sites is 1. The van der Waals surface area contributed by atoms with Gasteiger partial charge in [0.2, 0.25) is 5.91 Å². The monoisotopic (exact) mass is 380 g/mol. The topological polar surface area (TPSA) is 55.9 Å². The summed E-state index contributed by atoms with van der Waals surface area (Å²) in [6.45, 7) is 6.31. The molecule has 0 unspecified atom stereocenters. The molecule has 1 aliphatic heterocycles. The van der Waals surface area contributed by atoms with Crippen LogP contribution in [0.3, 0.4) is 0 Å². The average molecular weight is 380 g/mol. The smallest absolute Gasteiger partial charge is 0.321 e. The highest BCUT2D eigenvalue weighted by Crippen LogP contribution is 2.10. The van der Waals surface area contributed by atoms with Crippen LogP contribution in [0.15, 0.2) is 60.7 Å². The van der Waals surface area contributed by atoms with E-state index in [9.17, 15) is 9.59 Å². The summed E-state index contributed by atoms with van der Waals surface area (Å²) in [5.41, 5.74) is 1.99. The van der Waals surface area contributed by atoms with Crippen molar-refractivity contribution in [3.05, 3.63) is 66.2 Å². The Labute approximate surface area is 166 Å². The number of carbonyl (C=O) groups is 2. The van der Waals surface area contributed by atoms with Crippen LogP contribution in [0.4, 0.5) is 10.5 Å². The molecule has 0 radical (unpaired) electrons. The zero-order valence-electron chi connectivity index (χ0n) is 16.4. The Balaban J connectivity index is 1.45. The highest BCUT2D eigenvalue weighted by molar-refractivity contribution is 5.89. The summed E-state index contributed by atoms with van der Waals surface area (Å²) >= 11 is 0. The second-order valence-electron chi connectivity index (χ2n) is 6.95. The van der Waals surface area contributed by atoms with Crippen molar-refractivity contribution >= 4 is 17.6 Å². The van der Waals surface area contributed by atoms with Crippen molar-refractivity contribution in [3.63, 3.8) is 0 Å². The van der Waals surface area contributed by atoms with Gasteiger partial charge in [0, 0.05) is 38.4 Å². The second kappa shape index (κ2) is 9.90. The Morgan fingerprint density at radius 2 is 1.46 bits per heavy atom. The number of nitrogens with zero attached hydrogens (tertiary/aromatic N) is 3. The van der Waals surface area contributed by atoms with E-state index < -0.39 is 0 Å². The molecule has 3 rings (SSSR count). The number of hydrogen-bond donors (Lipinski definition) is 1. The molecule has 6 heteroatoms. The maximum Gasteiger partial charge on any atom is 0.321 e. The van der Waals surface area contributed by atoms with Crippen molar-refractivity contribution < 1.29 is 9.59 Å². The third kappa shape index (κ3) is 5.57. The number of rotatable bonds is 6. The number of nitrogens with one attached hydrogen (secondary N) is 1. The molecule has 28 heavy (non-hydrogen) atoms. The Morgan fingerprint density at radius 1 is 0.893 bits per heavy atom. The molecular formula is C22H28N4O2. The number of benzene rings is 2. The molecule has 1 N–H and O–H groups in total. The van der Waals surface area contributed by atoms with Gasteiger partial charge in [0.1, 0.15) is 0 Å². The first-order valence-electron chi connectivity index (χ1n) is 9.80. The number of anilines is 1. The van der Waals surface area contributed by atoms with Crippen LogP contribution in [0, 0.1) is 0 Å². The molecule has 6 nitrogen and oxygen atoms in total. The summed E-state index contributed by atoms with van der Waals surface area (Å²) < 4.78 is 0. The van der Waals surface area contributed by atoms with E-state index in [4.69, 9.17) is 0 Å². The van der Waals surface area contributed by atoms with Gasteiger partial charge in [-0.3, -0.25) is 9.69 Å². The van der Waals surface area contributed by atoms with Gasteiger partial charge >= 0.3 is 6.03 Å². The molecule has 0 atom stereocenters. The normalized spacial score (nSPS) is 14.2. The summed E-state index contributed by atoms with van der Waals surface area (Å²) in [6.07, 6.45) is 0. The number of likely N-dealkylation sites (N-methyl/N-ethyl adjacent to an activating group) is 1. The lowest BCUT2D eigenvalue weighted by atomic mass is 10.2. The van der Waals surface area contributed by atoms with E-state index in [2.05, 4.69) is 29.3 Å². The SMILES string of the molecule is CCN(CC(=O)N1CCN(C(=O)Nc2ccccc2)CC1)Cc1ccccc1. The standard InChI is InChI=1S/C22H28N4O2/c1-2-24(17-19-9-5-3-6-10-19)18-21(27)25-13-15-26(16-14-25)22(28)23-20-11-7-4-8-12-20/h3-12H,2,13-18H2,1H3,(H,23,28). The van der Waals surface area contributed by atoms with Gasteiger partial charge in [0.15, 0.2) is 0 Å². The lowest BCUT2D eigenvalue weighted by Gasteiger charge is -2.35. The molecule has 148 valence electrons. The minimum atomic E-state index is -0.113. The summed E-state index contributed by atoms with van der Waals surface area (Å²) in [5, 5.41) is 2.90. The van der Waals surface area contributed by atoms with Crippen LogP contribution >= 0.6 is 0 Å². The Kier molecular flexibility index (Phi) is 7.03. The molecular weight excluding hydrogens is 352 g/mol. The van der Waals surface area contributed by atoms with Crippen molar-refractivity contribution in [3.8, 4) is 0 Å². The van der Waals surface area contributed by atoms with E-state index in [1.807, 2.05) is 53.4 Å². The van der Waals surface area contributed by atoms with E-state index in [0.29, 0.717) is 32.7 Å². The molecule has 1 saturated heterocycles. The fourth-order valence-corrected chi connectivity index (χ4v) is 3.30. The van der Waals surface area contributed by atoms with Crippen LogP contribution in [-0.4, -0.2) is 65.9 Å². The largest absolute Gasteiger partial charge is 0.338 e. The Hall–Kier alpha value is -2.86. The van der Waals surface area contributed by atoms with E-state index in [0.717, 1.165) is 18.8 Å². The fourth-order valence-electron chi connectivity index (χ4n) is 3.30. The molecule has 1 heterocycles. The van der Waals surface area contributed by atoms with Gasteiger partial charge in [-0.2, -0.15) is 0 Å². The van der Waals surface area contributed by atoms with Crippen LogP contribution in [-0.2, 0) is 11.3 Å². The predicted octanol–water partition coefficient (Wildman–Crippen LogP) is 2.88. The lowest BCUT2D eigenvalue weighted by molar-refractivity contribution is -0.133. The maximum absolute atomic E-state index is 12.7. The third-order valence-electron chi connectivity index (χ3n) is 5.00. The zero-order chi connectivity index (χ0) is 19.8. The zero-order valence-corrected chi connectivity index (χ0v) is 16.4. The molecule has 2 aromatic rings. The fraction of sp³-hybridized carbons (Fsp3) is 0.364. The predicted molar refractivity (Wildman–Crippen MR) is 111 cm³/mol. The molecule has 0 aromatic heterocycles. The Morgan fingerprint density at radius 3 is 2.07 bits per heavy atom. The number of amides is 3. The van der Waals surface area contributed by atoms with Gasteiger partial charge < -0.3 is 15.1 Å². The lowest BCUT2D eigenvalue weighted by Crippen LogP contribution is -2.53. The Bertz CT molecular complexity index is 759. The molecule has 2 aromatic carbocycles. The first kappa shape index (κ1) is 19.9. The van der Waals surface area contributed by atoms with Crippen LogP contribution in [0.25, 0.3) is 0 Å². The molecule has 0 aliphatic carbocycles. The van der Waals surface area contributed by atoms with Crippen molar-refractivity contribution in [2.45, 2.75) is 13.5 Å². The summed E-state index contributed by atoms with van der Waals surface area (Å²) in [6, 6.07) is 19.5. The minimum absolute atomic E-state index is 0.113. The van der Waals surface area contributed by atoms with Crippen LogP contribution in [0.5, 0.6) is 0 Å². The number of piperazine rings is 1. The van der Waals surface area contributed by atoms with Gasteiger partial charge in [-0.05, 0) is 24.2 Å². The number of urea groups is 1. The van der Waals surface area contributed by atoms with Gasteiger partial charge in [-0.1, -0.05) is 55.5 Å². The van der Waals surface area contributed by atoms with Crippen LogP contribution in [0.2, 0.25) is 0 Å². The van der Waals surface area contributed by atoms with Gasteiger partial charge in [0.05, 0.1) is 6.54 Å². The number of hydrogen-bond acceptors (Lipinski definition) is 3. The third-order valence-corrected chi connectivity index (χ3v) is 5.00. The summed E-state index contributed by atoms with van der Waals surface area (Å²) in [7, 11) is 0. The van der Waals surface area contributed by atoms with Gasteiger partial charge in [0.25, 0.3) is 0 Å². The number of carbonyl (C=O) groups excluding carboxylic acids is 2. The van der Waals surface area contributed by atoms with Gasteiger partial charge in [-0.25, -0.2) is 4.79 Å². The second-order valence-corrected chi connectivity index (χ2v) is 6.95. The molecule has 0 spiro atoms. The summed E-state index contributed by atoms with van der Waals surface area (Å²) in [5.74, 6) is 0.126. The van der Waals surface area contributed by atoms with Crippen LogP contribution in [0.1, 0.15) is 12.5 Å². The summed E-state index contributed by atoms with van der Waals surface area (Å²) in [4.78, 5) is 30.8. The minimum Gasteiger partial charge on any atom is -0.338 e. The highest BCUT2D eigenvalue weighted by Gasteiger charge is 2.25. The van der Waals surface area contributed by atoms with Crippen molar-refractivity contribution in [1.29, 1.82) is 0 Å². The molecule has 3 amide bonds. The van der Waals surface area contributed by atoms with E-state index in [1.54, 1.807) is 4.90 Å². The van der Waals surface area contributed by atoms with Crippen molar-refractivity contribution in [2.75, 3.05) is 44.6 Å². The molecule has 0 bridgehead atoms. The maximum atomic E-state index is 12.7. The van der Waals surface area contributed by atoms with Crippen molar-refractivity contribution in [2.24, 2.45) is 0 Å². The quantitative estimate of drug-likeness (QED) is 0.838. The average Bonchev–Trinajstić information content (AvgIpc) is 2.74. The van der Waals surface area contributed by atoms with Crippen molar-refractivity contribution in [1.82, 2.24) is 14.7 Å². The van der Waals surface area contributed by atoms with E-state index in [1.165, 1.54) is 5.56 Å². The first-order valence-corrected chi connectivity index (χ1v) is 9.80. The highest BCUT2D eigenvalue weighted by atomic mass is 16.2. The molecule has 0 saturated carbocycles. The van der Waals surface area contributed by atoms with Gasteiger partial charge in [-0.15, -0.1) is 0 Å².